The lowest BCUT2D eigenvalue weighted by molar-refractivity contribution is 0.118. The van der Waals surface area contributed by atoms with Crippen LogP contribution in [0.15, 0.2) is 42.7 Å². The summed E-state index contributed by atoms with van der Waals surface area (Å²) in [4.78, 5) is 2.50. The van der Waals surface area contributed by atoms with Gasteiger partial charge in [0.25, 0.3) is 0 Å². The number of benzene rings is 1. The SMILES string of the molecule is CCN(CC)C(CNCC1CCC=CO1)c1ccccc1. The first-order chi connectivity index (χ1) is 10.3. The van der Waals surface area contributed by atoms with Crippen LogP contribution in [0.5, 0.6) is 0 Å². The van der Waals surface area contributed by atoms with E-state index >= 15 is 0 Å². The van der Waals surface area contributed by atoms with E-state index in [0.29, 0.717) is 12.1 Å². The van der Waals surface area contributed by atoms with Gasteiger partial charge in [0.05, 0.1) is 6.26 Å². The minimum absolute atomic E-state index is 0.322. The summed E-state index contributed by atoms with van der Waals surface area (Å²) >= 11 is 0. The summed E-state index contributed by atoms with van der Waals surface area (Å²) in [5.74, 6) is 0. The fraction of sp³-hybridized carbons (Fsp3) is 0.556. The van der Waals surface area contributed by atoms with Gasteiger partial charge in [0.15, 0.2) is 0 Å². The maximum atomic E-state index is 5.62. The number of hydrogen-bond acceptors (Lipinski definition) is 3. The monoisotopic (exact) mass is 288 g/mol. The van der Waals surface area contributed by atoms with Gasteiger partial charge in [0, 0.05) is 19.1 Å². The molecule has 0 aliphatic carbocycles. The summed E-state index contributed by atoms with van der Waals surface area (Å²) in [6, 6.07) is 11.2. The molecule has 2 rings (SSSR count). The van der Waals surface area contributed by atoms with E-state index < -0.39 is 0 Å². The zero-order valence-electron chi connectivity index (χ0n) is 13.3. The molecular formula is C18H28N2O. The Morgan fingerprint density at radius 1 is 1.24 bits per heavy atom. The maximum Gasteiger partial charge on any atom is 0.110 e. The molecule has 0 radical (unpaired) electrons. The summed E-state index contributed by atoms with van der Waals surface area (Å²) in [7, 11) is 0. The van der Waals surface area contributed by atoms with E-state index in [4.69, 9.17) is 4.74 Å². The first kappa shape index (κ1) is 16.1. The summed E-state index contributed by atoms with van der Waals surface area (Å²) in [5, 5.41) is 3.60. The average molecular weight is 288 g/mol. The van der Waals surface area contributed by atoms with Gasteiger partial charge in [-0.05, 0) is 37.6 Å². The average Bonchev–Trinajstić information content (AvgIpc) is 2.56. The lowest BCUT2D eigenvalue weighted by Crippen LogP contribution is -2.38. The topological polar surface area (TPSA) is 24.5 Å². The van der Waals surface area contributed by atoms with Crippen molar-refractivity contribution in [2.45, 2.75) is 38.8 Å². The van der Waals surface area contributed by atoms with E-state index in [-0.39, 0.29) is 0 Å². The Morgan fingerprint density at radius 2 is 2.00 bits per heavy atom. The van der Waals surface area contributed by atoms with Crippen LogP contribution < -0.4 is 5.32 Å². The molecule has 2 unspecified atom stereocenters. The van der Waals surface area contributed by atoms with E-state index in [1.54, 1.807) is 0 Å². The molecule has 21 heavy (non-hydrogen) atoms. The third-order valence-corrected chi connectivity index (χ3v) is 4.17. The van der Waals surface area contributed by atoms with Crippen LogP contribution in [0.25, 0.3) is 0 Å². The lowest BCUT2D eigenvalue weighted by atomic mass is 10.0. The minimum Gasteiger partial charge on any atom is -0.497 e. The number of nitrogens with zero attached hydrogens (tertiary/aromatic N) is 1. The maximum absolute atomic E-state index is 5.62. The Bertz CT molecular complexity index is 414. The van der Waals surface area contributed by atoms with Crippen molar-refractivity contribution in [3.8, 4) is 0 Å². The zero-order chi connectivity index (χ0) is 14.9. The van der Waals surface area contributed by atoms with Crippen molar-refractivity contribution >= 4 is 0 Å². The van der Waals surface area contributed by atoms with Crippen molar-refractivity contribution in [1.29, 1.82) is 0 Å². The molecule has 1 aromatic carbocycles. The molecule has 2 atom stereocenters. The second-order valence-electron chi connectivity index (χ2n) is 5.51. The molecule has 1 N–H and O–H groups in total. The van der Waals surface area contributed by atoms with Gasteiger partial charge in [-0.15, -0.1) is 0 Å². The van der Waals surface area contributed by atoms with Gasteiger partial charge in [0.2, 0.25) is 0 Å². The van der Waals surface area contributed by atoms with E-state index in [9.17, 15) is 0 Å². The number of rotatable bonds is 8. The van der Waals surface area contributed by atoms with E-state index in [0.717, 1.165) is 39.0 Å². The summed E-state index contributed by atoms with van der Waals surface area (Å²) in [6.45, 7) is 8.49. The number of hydrogen-bond donors (Lipinski definition) is 1. The van der Waals surface area contributed by atoms with Gasteiger partial charge >= 0.3 is 0 Å². The van der Waals surface area contributed by atoms with Crippen LogP contribution in [-0.4, -0.2) is 37.2 Å². The highest BCUT2D eigenvalue weighted by atomic mass is 16.5. The van der Waals surface area contributed by atoms with Crippen molar-refractivity contribution in [3.05, 3.63) is 48.2 Å². The van der Waals surface area contributed by atoms with E-state index in [2.05, 4.69) is 60.5 Å². The van der Waals surface area contributed by atoms with Crippen molar-refractivity contribution in [3.63, 3.8) is 0 Å². The largest absolute Gasteiger partial charge is 0.497 e. The molecule has 0 bridgehead atoms. The van der Waals surface area contributed by atoms with Crippen molar-refractivity contribution in [2.75, 3.05) is 26.2 Å². The van der Waals surface area contributed by atoms with Gasteiger partial charge in [-0.2, -0.15) is 0 Å². The Balaban J connectivity index is 1.91. The van der Waals surface area contributed by atoms with Gasteiger partial charge in [0.1, 0.15) is 6.10 Å². The van der Waals surface area contributed by atoms with Crippen molar-refractivity contribution < 1.29 is 4.74 Å². The number of nitrogens with one attached hydrogen (secondary N) is 1. The van der Waals surface area contributed by atoms with Gasteiger partial charge in [-0.1, -0.05) is 44.2 Å². The van der Waals surface area contributed by atoms with Crippen LogP contribution in [0.2, 0.25) is 0 Å². The van der Waals surface area contributed by atoms with Crippen LogP contribution in [-0.2, 0) is 4.74 Å². The second-order valence-corrected chi connectivity index (χ2v) is 5.51. The normalized spacial score (nSPS) is 19.5. The number of ether oxygens (including phenoxy) is 1. The van der Waals surface area contributed by atoms with Crippen LogP contribution in [0, 0.1) is 0 Å². The Kier molecular flexibility index (Phi) is 6.77. The van der Waals surface area contributed by atoms with Crippen LogP contribution in [0.3, 0.4) is 0 Å². The first-order valence-corrected chi connectivity index (χ1v) is 8.15. The van der Waals surface area contributed by atoms with E-state index in [1.165, 1.54) is 5.56 Å². The molecule has 0 saturated heterocycles. The first-order valence-electron chi connectivity index (χ1n) is 8.15. The fourth-order valence-electron chi connectivity index (χ4n) is 2.91. The molecule has 116 valence electrons. The molecule has 0 aromatic heterocycles. The third kappa shape index (κ3) is 4.87. The lowest BCUT2D eigenvalue weighted by Gasteiger charge is -2.31. The molecule has 0 amide bonds. The predicted molar refractivity (Wildman–Crippen MR) is 88.2 cm³/mol. The number of allylic oxidation sites excluding steroid dienone is 1. The van der Waals surface area contributed by atoms with Gasteiger partial charge < -0.3 is 10.1 Å². The van der Waals surface area contributed by atoms with Crippen LogP contribution >= 0.6 is 0 Å². The number of likely N-dealkylation sites (N-methyl/N-ethyl adjacent to an activating group) is 1. The summed E-state index contributed by atoms with van der Waals surface area (Å²) in [5.41, 5.74) is 1.39. The van der Waals surface area contributed by atoms with Crippen LogP contribution in [0.4, 0.5) is 0 Å². The highest BCUT2D eigenvalue weighted by Gasteiger charge is 2.18. The predicted octanol–water partition coefficient (Wildman–Crippen LogP) is 3.35. The van der Waals surface area contributed by atoms with Gasteiger partial charge in [-0.25, -0.2) is 0 Å². The second kappa shape index (κ2) is 8.85. The van der Waals surface area contributed by atoms with Crippen molar-refractivity contribution in [1.82, 2.24) is 10.2 Å². The Morgan fingerprint density at radius 3 is 2.62 bits per heavy atom. The minimum atomic E-state index is 0.322. The quantitative estimate of drug-likeness (QED) is 0.794. The summed E-state index contributed by atoms with van der Waals surface area (Å²) in [6.07, 6.45) is 6.51. The molecule has 0 saturated carbocycles. The third-order valence-electron chi connectivity index (χ3n) is 4.17. The molecule has 1 aliphatic rings. The molecule has 1 heterocycles. The summed E-state index contributed by atoms with van der Waals surface area (Å²) < 4.78 is 5.62. The fourth-order valence-corrected chi connectivity index (χ4v) is 2.91. The van der Waals surface area contributed by atoms with E-state index in [1.807, 2.05) is 6.26 Å². The zero-order valence-corrected chi connectivity index (χ0v) is 13.3. The Labute approximate surface area is 129 Å². The molecule has 1 aliphatic heterocycles. The molecule has 3 nitrogen and oxygen atoms in total. The smallest absolute Gasteiger partial charge is 0.110 e. The standard InChI is InChI=1S/C18H28N2O/c1-3-20(4-2)18(16-10-6-5-7-11-16)15-19-14-17-12-8-9-13-21-17/h5-7,9-11,13,17-19H,3-4,8,12,14-15H2,1-2H3. The molecular weight excluding hydrogens is 260 g/mol. The van der Waals surface area contributed by atoms with Crippen molar-refractivity contribution in [2.24, 2.45) is 0 Å². The molecule has 1 aromatic rings. The molecule has 3 heteroatoms. The molecule has 0 fully saturated rings. The van der Waals surface area contributed by atoms with Gasteiger partial charge in [-0.3, -0.25) is 4.90 Å². The highest BCUT2D eigenvalue weighted by Crippen LogP contribution is 2.19. The highest BCUT2D eigenvalue weighted by molar-refractivity contribution is 5.19. The van der Waals surface area contributed by atoms with Crippen LogP contribution in [0.1, 0.15) is 38.3 Å². The molecule has 0 spiro atoms. The Hall–Kier alpha value is -1.32.